The Bertz CT molecular complexity index is 439. The van der Waals surface area contributed by atoms with Gasteiger partial charge in [0.15, 0.2) is 0 Å². The van der Waals surface area contributed by atoms with Gasteiger partial charge in [0.2, 0.25) is 5.88 Å². The minimum Gasteiger partial charge on any atom is -0.467 e. The lowest BCUT2D eigenvalue weighted by atomic mass is 10.3. The Kier molecular flexibility index (Phi) is 2.19. The predicted octanol–water partition coefficient (Wildman–Crippen LogP) is 1.75. The predicted molar refractivity (Wildman–Crippen MR) is 47.3 cm³/mol. The molecule has 0 bridgehead atoms. The summed E-state index contributed by atoms with van der Waals surface area (Å²) in [5.74, 6) is 1.13. The minimum absolute atomic E-state index is 0.365. The molecule has 2 heterocycles. The second-order valence-electron chi connectivity index (χ2n) is 2.61. The molecule has 0 aliphatic carbocycles. The molecule has 0 unspecified atom stereocenters. The number of rotatable bonds is 3. The van der Waals surface area contributed by atoms with E-state index in [9.17, 15) is 0 Å². The summed E-state index contributed by atoms with van der Waals surface area (Å²) < 4.78 is 9.93. The Morgan fingerprint density at radius 3 is 3.21 bits per heavy atom. The maximum Gasteiger partial charge on any atom is 0.242 e. The number of aromatic nitrogens is 1. The van der Waals surface area contributed by atoms with Crippen molar-refractivity contribution in [3.8, 4) is 6.07 Å². The summed E-state index contributed by atoms with van der Waals surface area (Å²) in [7, 11) is 0. The summed E-state index contributed by atoms with van der Waals surface area (Å²) in [5.41, 5.74) is 0.386. The molecule has 5 nitrogen and oxygen atoms in total. The topological polar surface area (TPSA) is 75.0 Å². The molecule has 2 aromatic heterocycles. The average molecular weight is 189 g/mol. The van der Waals surface area contributed by atoms with E-state index in [2.05, 4.69) is 10.5 Å². The fraction of sp³-hybridized carbons (Fsp3) is 0.111. The van der Waals surface area contributed by atoms with Crippen LogP contribution >= 0.6 is 0 Å². The van der Waals surface area contributed by atoms with E-state index in [1.54, 1.807) is 12.3 Å². The molecule has 0 radical (unpaired) electrons. The number of nitrogens with zero attached hydrogens (tertiary/aromatic N) is 2. The number of nitriles is 1. The van der Waals surface area contributed by atoms with Crippen LogP contribution in [0.25, 0.3) is 0 Å². The third kappa shape index (κ3) is 1.59. The van der Waals surface area contributed by atoms with Crippen molar-refractivity contribution in [2.24, 2.45) is 0 Å². The fourth-order valence-corrected chi connectivity index (χ4v) is 1.03. The molecule has 0 aliphatic heterocycles. The van der Waals surface area contributed by atoms with Gasteiger partial charge in [-0.2, -0.15) is 5.26 Å². The molecular weight excluding hydrogens is 182 g/mol. The van der Waals surface area contributed by atoms with Gasteiger partial charge >= 0.3 is 0 Å². The molecule has 0 saturated heterocycles. The van der Waals surface area contributed by atoms with E-state index in [4.69, 9.17) is 14.2 Å². The van der Waals surface area contributed by atoms with Gasteiger partial charge in [-0.25, -0.2) is 0 Å². The molecule has 2 aromatic rings. The SMILES string of the molecule is N#Cc1cnoc1NCc1ccco1. The Morgan fingerprint density at radius 1 is 1.57 bits per heavy atom. The smallest absolute Gasteiger partial charge is 0.242 e. The van der Waals surface area contributed by atoms with E-state index in [1.165, 1.54) is 6.20 Å². The van der Waals surface area contributed by atoms with Gasteiger partial charge in [0.25, 0.3) is 0 Å². The lowest BCUT2D eigenvalue weighted by Crippen LogP contribution is -1.97. The summed E-state index contributed by atoms with van der Waals surface area (Å²) in [5, 5.41) is 15.1. The molecule has 0 atom stereocenters. The van der Waals surface area contributed by atoms with Gasteiger partial charge in [-0.05, 0) is 12.1 Å². The first-order valence-electron chi connectivity index (χ1n) is 4.01. The molecule has 5 heteroatoms. The molecule has 0 aliphatic rings. The van der Waals surface area contributed by atoms with Crippen molar-refractivity contribution in [1.29, 1.82) is 5.26 Å². The standard InChI is InChI=1S/C9H7N3O2/c10-4-7-5-12-14-9(7)11-6-8-2-1-3-13-8/h1-3,5,11H,6H2. The molecule has 0 saturated carbocycles. The van der Waals surface area contributed by atoms with Gasteiger partial charge in [0.05, 0.1) is 19.0 Å². The van der Waals surface area contributed by atoms with E-state index < -0.39 is 0 Å². The van der Waals surface area contributed by atoms with E-state index in [0.717, 1.165) is 5.76 Å². The Labute approximate surface area is 79.9 Å². The molecular formula is C9H7N3O2. The van der Waals surface area contributed by atoms with Crippen molar-refractivity contribution >= 4 is 5.88 Å². The zero-order valence-corrected chi connectivity index (χ0v) is 7.23. The molecule has 2 rings (SSSR count). The van der Waals surface area contributed by atoms with Gasteiger partial charge in [-0.1, -0.05) is 5.16 Å². The van der Waals surface area contributed by atoms with Gasteiger partial charge in [0, 0.05) is 0 Å². The van der Waals surface area contributed by atoms with Crippen LogP contribution in [0.5, 0.6) is 0 Å². The maximum atomic E-state index is 8.65. The van der Waals surface area contributed by atoms with E-state index >= 15 is 0 Å². The van der Waals surface area contributed by atoms with Gasteiger partial charge in [-0.15, -0.1) is 0 Å². The fourth-order valence-electron chi connectivity index (χ4n) is 1.03. The molecule has 0 fully saturated rings. The molecule has 1 N–H and O–H groups in total. The first kappa shape index (κ1) is 8.38. The monoisotopic (exact) mass is 189 g/mol. The minimum atomic E-state index is 0.365. The lowest BCUT2D eigenvalue weighted by Gasteiger charge is -1.97. The second kappa shape index (κ2) is 3.66. The molecule has 14 heavy (non-hydrogen) atoms. The van der Waals surface area contributed by atoms with E-state index in [-0.39, 0.29) is 0 Å². The quantitative estimate of drug-likeness (QED) is 0.796. The number of hydrogen-bond donors (Lipinski definition) is 1. The lowest BCUT2D eigenvalue weighted by molar-refractivity contribution is 0.429. The van der Waals surface area contributed by atoms with Crippen LogP contribution in [-0.4, -0.2) is 5.16 Å². The van der Waals surface area contributed by atoms with Gasteiger partial charge < -0.3 is 14.3 Å². The first-order valence-corrected chi connectivity index (χ1v) is 4.01. The van der Waals surface area contributed by atoms with E-state index in [0.29, 0.717) is 18.0 Å². The van der Waals surface area contributed by atoms with Crippen molar-refractivity contribution < 1.29 is 8.94 Å². The molecule has 70 valence electrons. The Morgan fingerprint density at radius 2 is 2.50 bits per heavy atom. The van der Waals surface area contributed by atoms with Crippen LogP contribution in [0.4, 0.5) is 5.88 Å². The number of furan rings is 1. The van der Waals surface area contributed by atoms with Crippen LogP contribution in [0.3, 0.4) is 0 Å². The second-order valence-corrected chi connectivity index (χ2v) is 2.61. The number of anilines is 1. The van der Waals surface area contributed by atoms with Crippen LogP contribution in [0.15, 0.2) is 33.5 Å². The van der Waals surface area contributed by atoms with Crippen molar-refractivity contribution in [1.82, 2.24) is 5.16 Å². The number of hydrogen-bond acceptors (Lipinski definition) is 5. The van der Waals surface area contributed by atoms with Crippen LogP contribution in [0, 0.1) is 11.3 Å². The molecule has 0 spiro atoms. The van der Waals surface area contributed by atoms with Crippen molar-refractivity contribution in [2.75, 3.05) is 5.32 Å². The highest BCUT2D eigenvalue weighted by Gasteiger charge is 2.06. The first-order chi connectivity index (χ1) is 6.90. The Balaban J connectivity index is 2.02. The van der Waals surface area contributed by atoms with Crippen LogP contribution in [0.2, 0.25) is 0 Å². The van der Waals surface area contributed by atoms with Crippen LogP contribution in [-0.2, 0) is 6.54 Å². The summed E-state index contributed by atoms with van der Waals surface area (Å²) in [6.07, 6.45) is 2.95. The molecule has 0 amide bonds. The third-order valence-corrected chi connectivity index (χ3v) is 1.69. The molecule has 0 aromatic carbocycles. The van der Waals surface area contributed by atoms with Crippen LogP contribution < -0.4 is 5.32 Å². The van der Waals surface area contributed by atoms with Gasteiger partial charge in [0.1, 0.15) is 17.4 Å². The third-order valence-electron chi connectivity index (χ3n) is 1.69. The zero-order valence-electron chi connectivity index (χ0n) is 7.23. The van der Waals surface area contributed by atoms with Crippen molar-refractivity contribution in [3.05, 3.63) is 35.9 Å². The highest BCUT2D eigenvalue weighted by Crippen LogP contribution is 2.14. The van der Waals surface area contributed by atoms with Crippen molar-refractivity contribution in [2.45, 2.75) is 6.54 Å². The Hall–Kier alpha value is -2.22. The summed E-state index contributed by atoms with van der Waals surface area (Å²) >= 11 is 0. The normalized spacial score (nSPS) is 9.64. The highest BCUT2D eigenvalue weighted by atomic mass is 16.5. The average Bonchev–Trinajstić information content (AvgIpc) is 2.85. The van der Waals surface area contributed by atoms with Crippen LogP contribution in [0.1, 0.15) is 11.3 Å². The summed E-state index contributed by atoms with van der Waals surface area (Å²) in [6.45, 7) is 0.469. The van der Waals surface area contributed by atoms with Crippen molar-refractivity contribution in [3.63, 3.8) is 0 Å². The van der Waals surface area contributed by atoms with E-state index in [1.807, 2.05) is 12.1 Å². The maximum absolute atomic E-state index is 8.65. The largest absolute Gasteiger partial charge is 0.467 e. The van der Waals surface area contributed by atoms with Gasteiger partial charge in [-0.3, -0.25) is 0 Å². The number of nitrogens with one attached hydrogen (secondary N) is 1. The highest BCUT2D eigenvalue weighted by molar-refractivity contribution is 5.47. The summed E-state index contributed by atoms with van der Waals surface area (Å²) in [6, 6.07) is 5.58. The zero-order chi connectivity index (χ0) is 9.80. The summed E-state index contributed by atoms with van der Waals surface area (Å²) in [4.78, 5) is 0.